The van der Waals surface area contributed by atoms with Crippen molar-refractivity contribution in [3.05, 3.63) is 47.5 Å². The third-order valence-corrected chi connectivity index (χ3v) is 2.82. The highest BCUT2D eigenvalue weighted by atomic mass is 16.5. The molecule has 21 heavy (non-hydrogen) atoms. The minimum absolute atomic E-state index is 0.451. The lowest BCUT2D eigenvalue weighted by molar-refractivity contribution is 0.286. The monoisotopic (exact) mass is 287 g/mol. The zero-order valence-corrected chi connectivity index (χ0v) is 12.8. The maximum absolute atomic E-state index is 5.80. The number of nitrogens with zero attached hydrogens (tertiary/aromatic N) is 1. The fourth-order valence-corrected chi connectivity index (χ4v) is 1.93. The number of hydrogen-bond acceptors (Lipinski definition) is 4. The third kappa shape index (κ3) is 4.67. The highest BCUT2D eigenvalue weighted by molar-refractivity contribution is 5.30. The van der Waals surface area contributed by atoms with E-state index in [1.807, 2.05) is 57.2 Å². The predicted octanol–water partition coefficient (Wildman–Crippen LogP) is 3.77. The van der Waals surface area contributed by atoms with Crippen molar-refractivity contribution in [1.82, 2.24) is 4.98 Å². The standard InChI is InChI=1S/C17H21NO3/c1-4-19-16-10-14(11-17(18-16)20-5-2)12-21-15-8-6-7-13(3)9-15/h6-11H,4-5,12H2,1-3H3. The van der Waals surface area contributed by atoms with Gasteiger partial charge in [-0.2, -0.15) is 4.98 Å². The number of ether oxygens (including phenoxy) is 3. The molecule has 1 aromatic carbocycles. The van der Waals surface area contributed by atoms with Gasteiger partial charge in [0.2, 0.25) is 11.8 Å². The molecule has 0 radical (unpaired) electrons. The summed E-state index contributed by atoms with van der Waals surface area (Å²) in [5.41, 5.74) is 2.14. The Hall–Kier alpha value is -2.23. The Morgan fingerprint density at radius 2 is 1.57 bits per heavy atom. The van der Waals surface area contributed by atoms with Crippen LogP contribution in [0.2, 0.25) is 0 Å². The van der Waals surface area contributed by atoms with Crippen molar-refractivity contribution in [2.75, 3.05) is 13.2 Å². The van der Waals surface area contributed by atoms with Gasteiger partial charge in [0.15, 0.2) is 0 Å². The number of pyridine rings is 1. The first-order valence-corrected chi connectivity index (χ1v) is 7.17. The van der Waals surface area contributed by atoms with Gasteiger partial charge in [-0.15, -0.1) is 0 Å². The summed E-state index contributed by atoms with van der Waals surface area (Å²) in [4.78, 5) is 4.28. The third-order valence-electron chi connectivity index (χ3n) is 2.82. The minimum atomic E-state index is 0.451. The average molecular weight is 287 g/mol. The molecule has 0 spiro atoms. The largest absolute Gasteiger partial charge is 0.489 e. The molecule has 2 aromatic rings. The molecule has 1 aromatic heterocycles. The first kappa shape index (κ1) is 15.2. The van der Waals surface area contributed by atoms with Crippen molar-refractivity contribution >= 4 is 0 Å². The number of aromatic nitrogens is 1. The van der Waals surface area contributed by atoms with Gasteiger partial charge in [0, 0.05) is 12.1 Å². The Morgan fingerprint density at radius 1 is 0.905 bits per heavy atom. The Labute approximate surface area is 125 Å². The molecule has 0 aliphatic rings. The molecule has 0 unspecified atom stereocenters. The number of rotatable bonds is 7. The zero-order chi connectivity index (χ0) is 15.1. The molecule has 0 saturated heterocycles. The SMILES string of the molecule is CCOc1cc(COc2cccc(C)c2)cc(OCC)n1. The lowest BCUT2D eigenvalue weighted by atomic mass is 10.2. The summed E-state index contributed by atoms with van der Waals surface area (Å²) in [5.74, 6) is 1.97. The molecule has 0 atom stereocenters. The van der Waals surface area contributed by atoms with Crippen LogP contribution >= 0.6 is 0 Å². The summed E-state index contributed by atoms with van der Waals surface area (Å²) in [7, 11) is 0. The van der Waals surface area contributed by atoms with E-state index in [-0.39, 0.29) is 0 Å². The second-order valence-electron chi connectivity index (χ2n) is 4.62. The highest BCUT2D eigenvalue weighted by Crippen LogP contribution is 2.20. The van der Waals surface area contributed by atoms with E-state index in [1.54, 1.807) is 0 Å². The molecule has 0 fully saturated rings. The van der Waals surface area contributed by atoms with Gasteiger partial charge in [0.05, 0.1) is 13.2 Å². The van der Waals surface area contributed by atoms with Gasteiger partial charge in [-0.05, 0) is 44.0 Å². The van der Waals surface area contributed by atoms with Crippen LogP contribution in [0.25, 0.3) is 0 Å². The number of benzene rings is 1. The molecule has 4 nitrogen and oxygen atoms in total. The Balaban J connectivity index is 2.10. The van der Waals surface area contributed by atoms with E-state index in [9.17, 15) is 0 Å². The van der Waals surface area contributed by atoms with Gasteiger partial charge < -0.3 is 14.2 Å². The van der Waals surface area contributed by atoms with Crippen LogP contribution in [0.4, 0.5) is 0 Å². The Morgan fingerprint density at radius 3 is 2.14 bits per heavy atom. The summed E-state index contributed by atoms with van der Waals surface area (Å²) in [6, 6.07) is 11.7. The van der Waals surface area contributed by atoms with Gasteiger partial charge in [0.1, 0.15) is 12.4 Å². The van der Waals surface area contributed by atoms with Crippen LogP contribution in [0.1, 0.15) is 25.0 Å². The molecule has 0 amide bonds. The second kappa shape index (κ2) is 7.53. The van der Waals surface area contributed by atoms with Crippen LogP contribution in [0.3, 0.4) is 0 Å². The molecule has 2 rings (SSSR count). The maximum atomic E-state index is 5.80. The second-order valence-corrected chi connectivity index (χ2v) is 4.62. The highest BCUT2D eigenvalue weighted by Gasteiger charge is 2.05. The van der Waals surface area contributed by atoms with Crippen LogP contribution < -0.4 is 14.2 Å². The fraction of sp³-hybridized carbons (Fsp3) is 0.353. The van der Waals surface area contributed by atoms with E-state index in [2.05, 4.69) is 4.98 Å². The lowest BCUT2D eigenvalue weighted by Gasteiger charge is -2.11. The topological polar surface area (TPSA) is 40.6 Å². The fourth-order valence-electron chi connectivity index (χ4n) is 1.93. The van der Waals surface area contributed by atoms with Gasteiger partial charge in [0.25, 0.3) is 0 Å². The van der Waals surface area contributed by atoms with Crippen molar-refractivity contribution in [2.45, 2.75) is 27.4 Å². The van der Waals surface area contributed by atoms with E-state index in [0.717, 1.165) is 11.3 Å². The van der Waals surface area contributed by atoms with Crippen molar-refractivity contribution in [3.8, 4) is 17.5 Å². The molecule has 0 N–H and O–H groups in total. The van der Waals surface area contributed by atoms with Crippen LogP contribution in [0.5, 0.6) is 17.5 Å². The summed E-state index contributed by atoms with van der Waals surface area (Å²) in [5, 5.41) is 0. The minimum Gasteiger partial charge on any atom is -0.489 e. The first-order chi connectivity index (χ1) is 10.2. The predicted molar refractivity (Wildman–Crippen MR) is 82.1 cm³/mol. The van der Waals surface area contributed by atoms with Gasteiger partial charge in [-0.25, -0.2) is 0 Å². The smallest absolute Gasteiger partial charge is 0.216 e. The maximum Gasteiger partial charge on any atom is 0.216 e. The van der Waals surface area contributed by atoms with Gasteiger partial charge >= 0.3 is 0 Å². The van der Waals surface area contributed by atoms with Crippen LogP contribution in [-0.4, -0.2) is 18.2 Å². The van der Waals surface area contributed by atoms with Gasteiger partial charge in [-0.3, -0.25) is 0 Å². The summed E-state index contributed by atoms with van der Waals surface area (Å²) < 4.78 is 16.7. The molecule has 0 saturated carbocycles. The van der Waals surface area contributed by atoms with E-state index >= 15 is 0 Å². The van der Waals surface area contributed by atoms with Crippen LogP contribution in [0, 0.1) is 6.92 Å². The van der Waals surface area contributed by atoms with E-state index in [4.69, 9.17) is 14.2 Å². The van der Waals surface area contributed by atoms with Crippen molar-refractivity contribution < 1.29 is 14.2 Å². The van der Waals surface area contributed by atoms with E-state index < -0.39 is 0 Å². The number of hydrogen-bond donors (Lipinski definition) is 0. The Bertz CT molecular complexity index is 560. The zero-order valence-electron chi connectivity index (χ0n) is 12.8. The lowest BCUT2D eigenvalue weighted by Crippen LogP contribution is -2.02. The van der Waals surface area contributed by atoms with E-state index in [1.165, 1.54) is 5.56 Å². The summed E-state index contributed by atoms with van der Waals surface area (Å²) in [6.07, 6.45) is 0. The average Bonchev–Trinajstić information content (AvgIpc) is 2.46. The quantitative estimate of drug-likeness (QED) is 0.777. The summed E-state index contributed by atoms with van der Waals surface area (Å²) >= 11 is 0. The van der Waals surface area contributed by atoms with Crippen LogP contribution in [-0.2, 0) is 6.61 Å². The van der Waals surface area contributed by atoms with Crippen molar-refractivity contribution in [2.24, 2.45) is 0 Å². The molecular weight excluding hydrogens is 266 g/mol. The molecule has 112 valence electrons. The normalized spacial score (nSPS) is 10.2. The molecule has 1 heterocycles. The molecule has 0 bridgehead atoms. The molecule has 4 heteroatoms. The molecule has 0 aliphatic carbocycles. The number of aryl methyl sites for hydroxylation is 1. The summed E-state index contributed by atoms with van der Waals surface area (Å²) in [6.45, 7) is 7.49. The van der Waals surface area contributed by atoms with Gasteiger partial charge in [-0.1, -0.05) is 12.1 Å². The molecular formula is C17H21NO3. The van der Waals surface area contributed by atoms with Crippen LogP contribution in [0.15, 0.2) is 36.4 Å². The van der Waals surface area contributed by atoms with E-state index in [0.29, 0.717) is 31.6 Å². The molecule has 0 aliphatic heterocycles. The van der Waals surface area contributed by atoms with Crippen molar-refractivity contribution in [1.29, 1.82) is 0 Å². The Kier molecular flexibility index (Phi) is 5.43. The van der Waals surface area contributed by atoms with Crippen molar-refractivity contribution in [3.63, 3.8) is 0 Å². The first-order valence-electron chi connectivity index (χ1n) is 7.17.